The van der Waals surface area contributed by atoms with Crippen molar-refractivity contribution >= 4 is 16.7 Å². The van der Waals surface area contributed by atoms with Crippen LogP contribution in [0.15, 0.2) is 61.1 Å². The van der Waals surface area contributed by atoms with Gasteiger partial charge in [-0.05, 0) is 48.7 Å². The van der Waals surface area contributed by atoms with E-state index in [1.807, 2.05) is 36.5 Å². The van der Waals surface area contributed by atoms with E-state index < -0.39 is 0 Å². The fourth-order valence-electron chi connectivity index (χ4n) is 3.28. The van der Waals surface area contributed by atoms with Crippen molar-refractivity contribution in [1.82, 2.24) is 19.9 Å². The molecule has 5 rings (SSSR count). The Hall–Kier alpha value is -3.34. The van der Waals surface area contributed by atoms with Crippen molar-refractivity contribution in [3.8, 4) is 22.5 Å². The molecule has 0 spiro atoms. The minimum Gasteiger partial charge on any atom is -0.383 e. The van der Waals surface area contributed by atoms with Crippen molar-refractivity contribution in [1.29, 1.82) is 0 Å². The summed E-state index contributed by atoms with van der Waals surface area (Å²) < 4.78 is 0. The lowest BCUT2D eigenvalue weighted by molar-refractivity contribution is 1.02. The summed E-state index contributed by atoms with van der Waals surface area (Å²) in [7, 11) is 0. The molecular formula is C21H17N5. The van der Waals surface area contributed by atoms with Crippen LogP contribution in [-0.4, -0.2) is 19.9 Å². The Labute approximate surface area is 151 Å². The molecule has 0 aliphatic heterocycles. The minimum atomic E-state index is 0.483. The van der Waals surface area contributed by atoms with Crippen LogP contribution in [0.25, 0.3) is 33.4 Å². The molecule has 1 aliphatic carbocycles. The fraction of sp³-hybridized carbons (Fsp3) is 0.143. The summed E-state index contributed by atoms with van der Waals surface area (Å²) in [5.41, 5.74) is 11.9. The molecule has 1 fully saturated rings. The van der Waals surface area contributed by atoms with Crippen LogP contribution in [0, 0.1) is 0 Å². The molecule has 2 N–H and O–H groups in total. The number of hydrogen-bond donors (Lipinski definition) is 1. The molecule has 3 aromatic heterocycles. The summed E-state index contributed by atoms with van der Waals surface area (Å²) >= 11 is 0. The van der Waals surface area contributed by atoms with E-state index in [0.717, 1.165) is 39.1 Å². The van der Waals surface area contributed by atoms with Gasteiger partial charge in [0.1, 0.15) is 12.1 Å². The number of rotatable bonds is 3. The first-order valence-corrected chi connectivity index (χ1v) is 8.72. The maximum absolute atomic E-state index is 6.03. The van der Waals surface area contributed by atoms with Gasteiger partial charge in [-0.1, -0.05) is 18.2 Å². The van der Waals surface area contributed by atoms with E-state index in [4.69, 9.17) is 10.7 Å². The molecule has 5 heteroatoms. The van der Waals surface area contributed by atoms with Gasteiger partial charge in [0.25, 0.3) is 0 Å². The number of hydrogen-bond acceptors (Lipinski definition) is 5. The van der Waals surface area contributed by atoms with E-state index >= 15 is 0 Å². The van der Waals surface area contributed by atoms with Crippen molar-refractivity contribution in [2.45, 2.75) is 18.8 Å². The molecule has 1 saturated carbocycles. The molecule has 0 saturated heterocycles. The molecule has 3 heterocycles. The topological polar surface area (TPSA) is 77.6 Å². The number of nitrogens with two attached hydrogens (primary N) is 1. The van der Waals surface area contributed by atoms with Crippen LogP contribution < -0.4 is 5.73 Å². The Balaban J connectivity index is 1.67. The predicted molar refractivity (Wildman–Crippen MR) is 102 cm³/mol. The lowest BCUT2D eigenvalue weighted by Gasteiger charge is -2.10. The smallest absolute Gasteiger partial charge is 0.134 e. The van der Waals surface area contributed by atoms with Crippen LogP contribution in [0.1, 0.15) is 24.5 Å². The number of nitrogens with zero attached hydrogens (tertiary/aromatic N) is 4. The summed E-state index contributed by atoms with van der Waals surface area (Å²) in [5.74, 6) is 1.09. The average Bonchev–Trinajstić information content (AvgIpc) is 3.54. The highest BCUT2D eigenvalue weighted by atomic mass is 14.9. The average molecular weight is 339 g/mol. The van der Waals surface area contributed by atoms with Crippen LogP contribution in [0.2, 0.25) is 0 Å². The first kappa shape index (κ1) is 15.0. The highest BCUT2D eigenvalue weighted by Gasteiger charge is 2.25. The van der Waals surface area contributed by atoms with E-state index in [1.165, 1.54) is 19.2 Å². The van der Waals surface area contributed by atoms with Crippen LogP contribution in [0.5, 0.6) is 0 Å². The van der Waals surface area contributed by atoms with Crippen molar-refractivity contribution in [3.05, 3.63) is 66.7 Å². The molecule has 1 aliphatic rings. The fourth-order valence-corrected chi connectivity index (χ4v) is 3.28. The van der Waals surface area contributed by atoms with E-state index in [1.54, 1.807) is 0 Å². The zero-order chi connectivity index (χ0) is 17.5. The summed E-state index contributed by atoms with van der Waals surface area (Å²) in [5, 5.41) is 0.847. The maximum Gasteiger partial charge on any atom is 0.134 e. The molecule has 0 atom stereocenters. The summed E-state index contributed by atoms with van der Waals surface area (Å²) in [4.78, 5) is 17.9. The van der Waals surface area contributed by atoms with Crippen molar-refractivity contribution < 1.29 is 0 Å². The normalized spacial score (nSPS) is 13.8. The van der Waals surface area contributed by atoms with E-state index in [9.17, 15) is 0 Å². The summed E-state index contributed by atoms with van der Waals surface area (Å²) in [6, 6.07) is 16.2. The Bertz CT molecular complexity index is 1120. The molecule has 0 amide bonds. The molecule has 0 bridgehead atoms. The molecule has 4 aromatic rings. The van der Waals surface area contributed by atoms with E-state index in [2.05, 4.69) is 33.2 Å². The van der Waals surface area contributed by atoms with Crippen LogP contribution in [0.4, 0.5) is 5.82 Å². The van der Waals surface area contributed by atoms with Gasteiger partial charge in [-0.15, -0.1) is 0 Å². The molecule has 1 aromatic carbocycles. The van der Waals surface area contributed by atoms with Crippen LogP contribution in [-0.2, 0) is 0 Å². The molecule has 126 valence electrons. The van der Waals surface area contributed by atoms with Gasteiger partial charge in [-0.25, -0.2) is 9.97 Å². The van der Waals surface area contributed by atoms with Gasteiger partial charge in [0.05, 0.1) is 16.9 Å². The number of nitrogen functional groups attached to an aromatic ring is 1. The Morgan fingerprint density at radius 3 is 2.73 bits per heavy atom. The quantitative estimate of drug-likeness (QED) is 0.605. The zero-order valence-corrected chi connectivity index (χ0v) is 14.1. The Morgan fingerprint density at radius 2 is 1.85 bits per heavy atom. The number of benzene rings is 1. The number of anilines is 1. The third-order valence-electron chi connectivity index (χ3n) is 4.79. The number of pyridine rings is 2. The van der Waals surface area contributed by atoms with E-state index in [0.29, 0.717) is 11.7 Å². The third kappa shape index (κ3) is 2.58. The second kappa shape index (κ2) is 5.88. The van der Waals surface area contributed by atoms with Crippen molar-refractivity contribution in [3.63, 3.8) is 0 Å². The minimum absolute atomic E-state index is 0.483. The monoisotopic (exact) mass is 339 g/mol. The Kier molecular flexibility index (Phi) is 3.38. The second-order valence-corrected chi connectivity index (χ2v) is 6.61. The van der Waals surface area contributed by atoms with Gasteiger partial charge in [-0.2, -0.15) is 0 Å². The summed E-state index contributed by atoms with van der Waals surface area (Å²) in [6.45, 7) is 0. The second-order valence-electron chi connectivity index (χ2n) is 6.61. The number of fused-ring (bicyclic) bond motifs is 1. The van der Waals surface area contributed by atoms with Gasteiger partial charge in [0, 0.05) is 28.8 Å². The highest BCUT2D eigenvalue weighted by molar-refractivity contribution is 5.93. The molecule has 5 nitrogen and oxygen atoms in total. The SMILES string of the molecule is Nc1ncnc2ccc(-c3cccnc3-c3cccc(C4CC4)n3)cc12. The standard InChI is InChI=1S/C21H17N5/c22-21-16-11-14(8-9-18(16)24-12-25-21)15-3-2-10-23-20(15)19-5-1-4-17(26-19)13-6-7-13/h1-5,8-13H,6-7H2,(H2,22,24,25). The van der Waals surface area contributed by atoms with Gasteiger partial charge in [0.15, 0.2) is 0 Å². The lowest BCUT2D eigenvalue weighted by atomic mass is 10.00. The molecule has 26 heavy (non-hydrogen) atoms. The Morgan fingerprint density at radius 1 is 0.923 bits per heavy atom. The molecule has 0 unspecified atom stereocenters. The van der Waals surface area contributed by atoms with Crippen molar-refractivity contribution in [2.75, 3.05) is 5.73 Å². The highest BCUT2D eigenvalue weighted by Crippen LogP contribution is 2.40. The summed E-state index contributed by atoms with van der Waals surface area (Å²) in [6.07, 6.45) is 5.76. The lowest BCUT2D eigenvalue weighted by Crippen LogP contribution is -1.96. The van der Waals surface area contributed by atoms with Gasteiger partial charge in [0.2, 0.25) is 0 Å². The van der Waals surface area contributed by atoms with Crippen LogP contribution in [0.3, 0.4) is 0 Å². The predicted octanol–water partition coefficient (Wildman–Crippen LogP) is 4.21. The third-order valence-corrected chi connectivity index (χ3v) is 4.79. The first-order chi connectivity index (χ1) is 12.8. The first-order valence-electron chi connectivity index (χ1n) is 8.72. The molecule has 0 radical (unpaired) electrons. The van der Waals surface area contributed by atoms with E-state index in [-0.39, 0.29) is 0 Å². The molecular weight excluding hydrogens is 322 g/mol. The van der Waals surface area contributed by atoms with Crippen molar-refractivity contribution in [2.24, 2.45) is 0 Å². The van der Waals surface area contributed by atoms with Gasteiger partial charge >= 0.3 is 0 Å². The van der Waals surface area contributed by atoms with Gasteiger partial charge < -0.3 is 5.73 Å². The van der Waals surface area contributed by atoms with Gasteiger partial charge in [-0.3, -0.25) is 9.97 Å². The van der Waals surface area contributed by atoms with Crippen LogP contribution >= 0.6 is 0 Å². The maximum atomic E-state index is 6.03. The zero-order valence-electron chi connectivity index (χ0n) is 14.1. The largest absolute Gasteiger partial charge is 0.383 e. The number of aromatic nitrogens is 4.